The quantitative estimate of drug-likeness (QED) is 0.887. The summed E-state index contributed by atoms with van der Waals surface area (Å²) < 4.78 is 12.8. The first kappa shape index (κ1) is 17.9. The second kappa shape index (κ2) is 6.01. The molecule has 6 heteroatoms. The van der Waals surface area contributed by atoms with E-state index in [-0.39, 0.29) is 18.2 Å². The van der Waals surface area contributed by atoms with Crippen LogP contribution in [0.4, 0.5) is 0 Å². The average molecular weight is 369 g/mol. The Morgan fingerprint density at radius 3 is 2.48 bits per heavy atom. The summed E-state index contributed by atoms with van der Waals surface area (Å²) in [5, 5.41) is 7.76. The van der Waals surface area contributed by atoms with Crippen LogP contribution in [-0.2, 0) is 11.1 Å². The number of aromatic nitrogens is 2. The van der Waals surface area contributed by atoms with Crippen molar-refractivity contribution in [1.29, 1.82) is 0 Å². The van der Waals surface area contributed by atoms with Gasteiger partial charge in [0.15, 0.2) is 17.2 Å². The van der Waals surface area contributed by atoms with Crippen LogP contribution in [0.2, 0.25) is 0 Å². The van der Waals surface area contributed by atoms with E-state index in [0.29, 0.717) is 17.4 Å². The van der Waals surface area contributed by atoms with E-state index in [0.717, 1.165) is 17.0 Å². The molecule has 1 aliphatic heterocycles. The van der Waals surface area contributed by atoms with E-state index < -0.39 is 5.54 Å². The van der Waals surface area contributed by atoms with E-state index in [2.05, 4.69) is 31.2 Å². The van der Waals surface area contributed by atoms with E-state index in [1.165, 1.54) is 12.8 Å². The highest BCUT2D eigenvalue weighted by Crippen LogP contribution is 2.42. The molecular formula is C21H27N3O3. The molecular weight excluding hydrogens is 342 g/mol. The minimum absolute atomic E-state index is 0.150. The van der Waals surface area contributed by atoms with Gasteiger partial charge in [-0.15, -0.1) is 0 Å². The van der Waals surface area contributed by atoms with Crippen molar-refractivity contribution < 1.29 is 14.3 Å². The highest BCUT2D eigenvalue weighted by Gasteiger charge is 2.34. The zero-order chi connectivity index (χ0) is 19.4. The normalized spacial score (nSPS) is 16.5. The molecule has 144 valence electrons. The second-order valence-corrected chi connectivity index (χ2v) is 8.96. The van der Waals surface area contributed by atoms with Gasteiger partial charge >= 0.3 is 0 Å². The highest BCUT2D eigenvalue weighted by molar-refractivity contribution is 5.93. The van der Waals surface area contributed by atoms with Crippen molar-refractivity contribution in [2.24, 2.45) is 0 Å². The van der Waals surface area contributed by atoms with Gasteiger partial charge in [-0.25, -0.2) is 0 Å². The molecule has 0 atom stereocenters. The Hall–Kier alpha value is -2.50. The molecule has 0 spiro atoms. The molecule has 6 nitrogen and oxygen atoms in total. The highest BCUT2D eigenvalue weighted by atomic mass is 16.7. The van der Waals surface area contributed by atoms with E-state index >= 15 is 0 Å². The standard InChI is InChI=1S/C21H27N3O3/c1-20(2,3)24-16(13-6-7-13)11-15(23-24)19(25)22-21(4,5)14-8-9-17-18(10-14)27-12-26-17/h8-11,13H,6-7,12H2,1-5H3,(H,22,25). The predicted molar refractivity (Wildman–Crippen MR) is 102 cm³/mol. The molecule has 2 aromatic rings. The SMILES string of the molecule is CC(C)(NC(=O)c1cc(C2CC2)n(C(C)(C)C)n1)c1ccc2c(c1)OCO2. The van der Waals surface area contributed by atoms with Crippen molar-refractivity contribution in [1.82, 2.24) is 15.1 Å². The van der Waals surface area contributed by atoms with Crippen molar-refractivity contribution in [3.63, 3.8) is 0 Å². The number of nitrogens with one attached hydrogen (secondary N) is 1. The first-order valence-corrected chi connectivity index (χ1v) is 9.48. The van der Waals surface area contributed by atoms with Gasteiger partial charge < -0.3 is 14.8 Å². The number of hydrogen-bond acceptors (Lipinski definition) is 4. The van der Waals surface area contributed by atoms with Crippen molar-refractivity contribution in [3.8, 4) is 11.5 Å². The van der Waals surface area contributed by atoms with Crippen LogP contribution in [0.3, 0.4) is 0 Å². The summed E-state index contributed by atoms with van der Waals surface area (Å²) in [6.45, 7) is 10.5. The molecule has 27 heavy (non-hydrogen) atoms. The van der Waals surface area contributed by atoms with Gasteiger partial charge in [0.05, 0.1) is 11.1 Å². The molecule has 0 unspecified atom stereocenters. The van der Waals surface area contributed by atoms with Crippen LogP contribution < -0.4 is 14.8 Å². The molecule has 1 amide bonds. The number of amides is 1. The minimum atomic E-state index is -0.566. The molecule has 0 bridgehead atoms. The van der Waals surface area contributed by atoms with E-state index in [1.807, 2.05) is 42.8 Å². The smallest absolute Gasteiger partial charge is 0.272 e. The zero-order valence-corrected chi connectivity index (χ0v) is 16.6. The van der Waals surface area contributed by atoms with Gasteiger partial charge in [0.1, 0.15) is 0 Å². The molecule has 0 radical (unpaired) electrons. The zero-order valence-electron chi connectivity index (χ0n) is 16.6. The third-order valence-electron chi connectivity index (χ3n) is 5.12. The number of rotatable bonds is 4. The lowest BCUT2D eigenvalue weighted by Crippen LogP contribution is -2.41. The molecule has 2 heterocycles. The maximum Gasteiger partial charge on any atom is 0.272 e. The molecule has 1 saturated carbocycles. The molecule has 1 aromatic carbocycles. The number of fused-ring (bicyclic) bond motifs is 1. The minimum Gasteiger partial charge on any atom is -0.454 e. The maximum absolute atomic E-state index is 13.0. The van der Waals surface area contributed by atoms with Crippen LogP contribution in [0.1, 0.15) is 75.1 Å². The van der Waals surface area contributed by atoms with E-state index in [1.54, 1.807) is 0 Å². The van der Waals surface area contributed by atoms with Gasteiger partial charge in [-0.1, -0.05) is 6.07 Å². The third-order valence-corrected chi connectivity index (χ3v) is 5.12. The van der Waals surface area contributed by atoms with Gasteiger partial charge in [0.2, 0.25) is 6.79 Å². The first-order valence-electron chi connectivity index (χ1n) is 9.48. The van der Waals surface area contributed by atoms with Crippen LogP contribution in [0, 0.1) is 0 Å². The van der Waals surface area contributed by atoms with Crippen molar-refractivity contribution in [3.05, 3.63) is 41.2 Å². The Bertz CT molecular complexity index is 889. The van der Waals surface area contributed by atoms with Crippen LogP contribution in [0.5, 0.6) is 11.5 Å². The number of hydrogen-bond donors (Lipinski definition) is 1. The fourth-order valence-electron chi connectivity index (χ4n) is 3.42. The van der Waals surface area contributed by atoms with Gasteiger partial charge in [0.25, 0.3) is 5.91 Å². The van der Waals surface area contributed by atoms with Crippen molar-refractivity contribution >= 4 is 5.91 Å². The maximum atomic E-state index is 13.0. The van der Waals surface area contributed by atoms with Gasteiger partial charge in [-0.3, -0.25) is 9.48 Å². The molecule has 1 fully saturated rings. The van der Waals surface area contributed by atoms with Gasteiger partial charge in [-0.2, -0.15) is 5.10 Å². The lowest BCUT2D eigenvalue weighted by molar-refractivity contribution is 0.0905. The topological polar surface area (TPSA) is 65.4 Å². The van der Waals surface area contributed by atoms with Crippen molar-refractivity contribution in [2.45, 2.75) is 64.5 Å². The van der Waals surface area contributed by atoms with Crippen molar-refractivity contribution in [2.75, 3.05) is 6.79 Å². The lowest BCUT2D eigenvalue weighted by Gasteiger charge is -2.27. The Kier molecular flexibility index (Phi) is 3.98. The number of benzene rings is 1. The van der Waals surface area contributed by atoms with Crippen LogP contribution in [0.25, 0.3) is 0 Å². The molecule has 1 aromatic heterocycles. The largest absolute Gasteiger partial charge is 0.454 e. The summed E-state index contributed by atoms with van der Waals surface area (Å²) in [5.74, 6) is 1.81. The summed E-state index contributed by atoms with van der Waals surface area (Å²) in [6.07, 6.45) is 2.34. The average Bonchev–Trinajstić information content (AvgIpc) is 3.14. The Morgan fingerprint density at radius 2 is 1.81 bits per heavy atom. The summed E-state index contributed by atoms with van der Waals surface area (Å²) in [7, 11) is 0. The summed E-state index contributed by atoms with van der Waals surface area (Å²) in [4.78, 5) is 13.0. The van der Waals surface area contributed by atoms with Crippen LogP contribution in [-0.4, -0.2) is 22.5 Å². The number of ether oxygens (including phenoxy) is 2. The molecule has 2 aliphatic rings. The molecule has 1 N–H and O–H groups in total. The van der Waals surface area contributed by atoms with E-state index in [4.69, 9.17) is 9.47 Å². The Balaban J connectivity index is 1.58. The molecule has 4 rings (SSSR count). The van der Waals surface area contributed by atoms with Gasteiger partial charge in [0, 0.05) is 11.6 Å². The van der Waals surface area contributed by atoms with Crippen LogP contribution >= 0.6 is 0 Å². The number of carbonyl (C=O) groups excluding carboxylic acids is 1. The second-order valence-electron chi connectivity index (χ2n) is 8.96. The Morgan fingerprint density at radius 1 is 1.11 bits per heavy atom. The molecule has 1 aliphatic carbocycles. The fraction of sp³-hybridized carbons (Fsp3) is 0.524. The molecule has 0 saturated heterocycles. The summed E-state index contributed by atoms with van der Waals surface area (Å²) in [6, 6.07) is 7.71. The van der Waals surface area contributed by atoms with Gasteiger partial charge in [-0.05, 0) is 71.2 Å². The predicted octanol–water partition coefficient (Wildman–Crippen LogP) is 3.91. The lowest BCUT2D eigenvalue weighted by atomic mass is 9.93. The fourth-order valence-corrected chi connectivity index (χ4v) is 3.42. The third kappa shape index (κ3) is 3.40. The number of carbonyl (C=O) groups is 1. The number of nitrogens with zero attached hydrogens (tertiary/aromatic N) is 2. The van der Waals surface area contributed by atoms with Crippen LogP contribution in [0.15, 0.2) is 24.3 Å². The monoisotopic (exact) mass is 369 g/mol. The summed E-state index contributed by atoms with van der Waals surface area (Å²) >= 11 is 0. The Labute approximate surface area is 159 Å². The van der Waals surface area contributed by atoms with E-state index in [9.17, 15) is 4.79 Å². The summed E-state index contributed by atoms with van der Waals surface area (Å²) in [5.41, 5.74) is 1.87. The first-order chi connectivity index (χ1) is 12.6.